The Bertz CT molecular complexity index is 547. The third-order valence-corrected chi connectivity index (χ3v) is 2.78. The van der Waals surface area contributed by atoms with Crippen molar-refractivity contribution in [3.05, 3.63) is 42.5 Å². The lowest BCUT2D eigenvalue weighted by Crippen LogP contribution is -2.32. The number of pyridine rings is 1. The Morgan fingerprint density at radius 3 is 2.76 bits per heavy atom. The molecular weight excluding hydrogens is 313 g/mol. The van der Waals surface area contributed by atoms with Crippen LogP contribution in [0.25, 0.3) is 5.69 Å². The van der Waals surface area contributed by atoms with Gasteiger partial charge in [-0.2, -0.15) is 5.10 Å². The Balaban J connectivity index is 0.00000200. The maximum atomic E-state index is 12.1. The molecule has 0 radical (unpaired) electrons. The van der Waals surface area contributed by atoms with E-state index in [1.54, 1.807) is 41.4 Å². The van der Waals surface area contributed by atoms with Crippen LogP contribution in [0.4, 0.5) is 0 Å². The number of rotatable bonds is 5. The quantitative estimate of drug-likeness (QED) is 0.899. The number of nitrogens with zero attached hydrogens (tertiary/aromatic N) is 4. The van der Waals surface area contributed by atoms with E-state index in [0.717, 1.165) is 12.2 Å². The van der Waals surface area contributed by atoms with Gasteiger partial charge in [-0.25, -0.2) is 4.68 Å². The highest BCUT2D eigenvalue weighted by Gasteiger charge is 2.13. The van der Waals surface area contributed by atoms with Gasteiger partial charge in [0.2, 0.25) is 0 Å². The first-order chi connectivity index (χ1) is 9.22. The fourth-order valence-corrected chi connectivity index (χ4v) is 1.67. The highest BCUT2D eigenvalue weighted by atomic mass is 35.5. The summed E-state index contributed by atoms with van der Waals surface area (Å²) in [7, 11) is 3.64. The summed E-state index contributed by atoms with van der Waals surface area (Å²) in [5.74, 6) is -0.0367. The van der Waals surface area contributed by atoms with Crippen molar-refractivity contribution in [3.8, 4) is 5.69 Å². The largest absolute Gasteiger partial charge is 0.340 e. The van der Waals surface area contributed by atoms with E-state index in [1.165, 1.54) is 0 Å². The molecule has 8 heteroatoms. The molecule has 2 aromatic heterocycles. The van der Waals surface area contributed by atoms with E-state index in [0.29, 0.717) is 12.1 Å². The van der Waals surface area contributed by atoms with E-state index in [9.17, 15) is 4.79 Å². The lowest BCUT2D eigenvalue weighted by molar-refractivity contribution is 0.0797. The van der Waals surface area contributed by atoms with Gasteiger partial charge in [-0.15, -0.1) is 24.8 Å². The summed E-state index contributed by atoms with van der Waals surface area (Å²) in [6.07, 6.45) is 6.69. The Morgan fingerprint density at radius 2 is 2.14 bits per heavy atom. The van der Waals surface area contributed by atoms with Crippen LogP contribution in [0.3, 0.4) is 0 Å². The fourth-order valence-electron chi connectivity index (χ4n) is 1.67. The summed E-state index contributed by atoms with van der Waals surface area (Å²) >= 11 is 0. The molecular formula is C13H19Cl2N5O. The van der Waals surface area contributed by atoms with Crippen molar-refractivity contribution in [1.29, 1.82) is 0 Å². The average molecular weight is 332 g/mol. The third-order valence-electron chi connectivity index (χ3n) is 2.78. The van der Waals surface area contributed by atoms with E-state index >= 15 is 0 Å². The zero-order chi connectivity index (χ0) is 13.7. The number of carbonyl (C=O) groups excluding carboxylic acids is 1. The summed E-state index contributed by atoms with van der Waals surface area (Å²) in [4.78, 5) is 17.8. The van der Waals surface area contributed by atoms with Crippen LogP contribution in [-0.4, -0.2) is 52.8 Å². The van der Waals surface area contributed by atoms with Crippen LogP contribution in [0.1, 0.15) is 10.4 Å². The molecule has 0 bridgehead atoms. The summed E-state index contributed by atoms with van der Waals surface area (Å²) in [6, 6.07) is 3.72. The molecule has 0 fully saturated rings. The minimum absolute atomic E-state index is 0. The topological polar surface area (TPSA) is 63.1 Å². The summed E-state index contributed by atoms with van der Waals surface area (Å²) in [5, 5.41) is 7.20. The predicted molar refractivity (Wildman–Crippen MR) is 86.7 cm³/mol. The van der Waals surface area contributed by atoms with Gasteiger partial charge in [0.1, 0.15) is 0 Å². The zero-order valence-corrected chi connectivity index (χ0v) is 13.5. The summed E-state index contributed by atoms with van der Waals surface area (Å²) < 4.78 is 1.64. The highest BCUT2D eigenvalue weighted by molar-refractivity contribution is 5.93. The SMILES string of the molecule is CNCCN(C)C(=O)c1cnn(-c2cccnc2)c1.Cl.Cl. The van der Waals surface area contributed by atoms with Crippen LogP contribution in [0, 0.1) is 0 Å². The smallest absolute Gasteiger partial charge is 0.256 e. The van der Waals surface area contributed by atoms with Gasteiger partial charge >= 0.3 is 0 Å². The third kappa shape index (κ3) is 5.00. The first-order valence-corrected chi connectivity index (χ1v) is 6.07. The number of carbonyl (C=O) groups is 1. The monoisotopic (exact) mass is 331 g/mol. The first kappa shape index (κ1) is 19.4. The van der Waals surface area contributed by atoms with Crippen molar-refractivity contribution in [1.82, 2.24) is 25.0 Å². The minimum Gasteiger partial charge on any atom is -0.340 e. The number of halogens is 2. The van der Waals surface area contributed by atoms with Gasteiger partial charge in [0.05, 0.1) is 23.6 Å². The van der Waals surface area contributed by atoms with Gasteiger partial charge in [0, 0.05) is 32.5 Å². The van der Waals surface area contributed by atoms with Crippen molar-refractivity contribution in [2.45, 2.75) is 0 Å². The van der Waals surface area contributed by atoms with E-state index < -0.39 is 0 Å². The lowest BCUT2D eigenvalue weighted by atomic mass is 10.3. The molecule has 0 saturated carbocycles. The highest BCUT2D eigenvalue weighted by Crippen LogP contribution is 2.08. The molecule has 6 nitrogen and oxygen atoms in total. The molecule has 0 aromatic carbocycles. The second-order valence-electron chi connectivity index (χ2n) is 4.22. The van der Waals surface area contributed by atoms with Crippen LogP contribution >= 0.6 is 24.8 Å². The molecule has 2 rings (SSSR count). The molecule has 0 aliphatic carbocycles. The second-order valence-corrected chi connectivity index (χ2v) is 4.22. The van der Waals surface area contributed by atoms with Gasteiger partial charge < -0.3 is 10.2 Å². The van der Waals surface area contributed by atoms with E-state index in [1.807, 2.05) is 19.2 Å². The van der Waals surface area contributed by atoms with Gasteiger partial charge in [-0.1, -0.05) is 0 Å². The molecule has 0 spiro atoms. The molecule has 0 aliphatic heterocycles. The van der Waals surface area contributed by atoms with E-state index in [-0.39, 0.29) is 30.7 Å². The summed E-state index contributed by atoms with van der Waals surface area (Å²) in [6.45, 7) is 1.42. The van der Waals surface area contributed by atoms with Crippen LogP contribution < -0.4 is 5.32 Å². The molecule has 116 valence electrons. The molecule has 2 aromatic rings. The Morgan fingerprint density at radius 1 is 1.38 bits per heavy atom. The van der Waals surface area contributed by atoms with Crippen molar-refractivity contribution in [2.24, 2.45) is 0 Å². The second kappa shape index (κ2) is 9.33. The fraction of sp³-hybridized carbons (Fsp3) is 0.308. The Hall–Kier alpha value is -1.63. The Kier molecular flexibility index (Phi) is 8.61. The number of hydrogen-bond donors (Lipinski definition) is 1. The normalized spacial score (nSPS) is 9.43. The number of hydrogen-bond acceptors (Lipinski definition) is 4. The number of amides is 1. The van der Waals surface area contributed by atoms with Crippen molar-refractivity contribution in [3.63, 3.8) is 0 Å². The number of nitrogens with one attached hydrogen (secondary N) is 1. The molecule has 1 N–H and O–H groups in total. The predicted octanol–water partition coefficient (Wildman–Crippen LogP) is 1.40. The van der Waals surface area contributed by atoms with Crippen LogP contribution in [0.15, 0.2) is 36.9 Å². The summed E-state index contributed by atoms with van der Waals surface area (Å²) in [5.41, 5.74) is 1.40. The molecule has 0 saturated heterocycles. The van der Waals surface area contributed by atoms with Crippen molar-refractivity contribution >= 4 is 30.7 Å². The average Bonchev–Trinajstić information content (AvgIpc) is 2.94. The maximum absolute atomic E-state index is 12.1. The van der Waals surface area contributed by atoms with Gasteiger partial charge in [-0.05, 0) is 19.2 Å². The van der Waals surface area contributed by atoms with Crippen LogP contribution in [-0.2, 0) is 0 Å². The minimum atomic E-state index is -0.0367. The lowest BCUT2D eigenvalue weighted by Gasteiger charge is -2.15. The molecule has 1 amide bonds. The first-order valence-electron chi connectivity index (χ1n) is 6.07. The standard InChI is InChI=1S/C13H17N5O.2ClH/c1-14-6-7-17(2)13(19)11-8-16-18(10-11)12-4-3-5-15-9-12;;/h3-5,8-10,14H,6-7H2,1-2H3;2*1H. The van der Waals surface area contributed by atoms with Crippen LogP contribution in [0.2, 0.25) is 0 Å². The zero-order valence-electron chi connectivity index (χ0n) is 11.9. The van der Waals surface area contributed by atoms with E-state index in [4.69, 9.17) is 0 Å². The van der Waals surface area contributed by atoms with Gasteiger partial charge in [0.15, 0.2) is 0 Å². The van der Waals surface area contributed by atoms with Crippen LogP contribution in [0.5, 0.6) is 0 Å². The van der Waals surface area contributed by atoms with Crippen molar-refractivity contribution < 1.29 is 4.79 Å². The number of likely N-dealkylation sites (N-methyl/N-ethyl adjacent to an activating group) is 2. The molecule has 2 heterocycles. The Labute approximate surface area is 136 Å². The molecule has 0 unspecified atom stereocenters. The van der Waals surface area contributed by atoms with Gasteiger partial charge in [-0.3, -0.25) is 9.78 Å². The maximum Gasteiger partial charge on any atom is 0.256 e. The van der Waals surface area contributed by atoms with Crippen molar-refractivity contribution in [2.75, 3.05) is 27.2 Å². The van der Waals surface area contributed by atoms with Gasteiger partial charge in [0.25, 0.3) is 5.91 Å². The molecule has 21 heavy (non-hydrogen) atoms. The number of aromatic nitrogens is 3. The molecule has 0 aliphatic rings. The van der Waals surface area contributed by atoms with E-state index in [2.05, 4.69) is 15.4 Å². The molecule has 0 atom stereocenters.